The van der Waals surface area contributed by atoms with Gasteiger partial charge in [-0.1, -0.05) is 6.92 Å². The smallest absolute Gasteiger partial charge is 0.134 e. The predicted molar refractivity (Wildman–Crippen MR) is 59.2 cm³/mol. The summed E-state index contributed by atoms with van der Waals surface area (Å²) in [6.45, 7) is 8.31. The van der Waals surface area contributed by atoms with Crippen molar-refractivity contribution < 1.29 is 0 Å². The van der Waals surface area contributed by atoms with E-state index in [0.29, 0.717) is 5.82 Å². The van der Waals surface area contributed by atoms with Gasteiger partial charge in [0.05, 0.1) is 0 Å². The molecule has 0 amide bonds. The summed E-state index contributed by atoms with van der Waals surface area (Å²) in [5, 5.41) is 3.35. The Morgan fingerprint density at radius 3 is 2.64 bits per heavy atom. The SMILES string of the molecule is CCC(C)(C)Nc1ncnc(N)c1C. The summed E-state index contributed by atoms with van der Waals surface area (Å²) < 4.78 is 0. The van der Waals surface area contributed by atoms with Crippen LogP contribution >= 0.6 is 0 Å². The Bertz CT molecular complexity index is 320. The molecule has 1 rings (SSSR count). The van der Waals surface area contributed by atoms with Crippen molar-refractivity contribution in [1.82, 2.24) is 9.97 Å². The van der Waals surface area contributed by atoms with Crippen LogP contribution in [0.3, 0.4) is 0 Å². The summed E-state index contributed by atoms with van der Waals surface area (Å²) in [7, 11) is 0. The van der Waals surface area contributed by atoms with Crippen molar-refractivity contribution in [2.45, 2.75) is 39.7 Å². The first-order valence-electron chi connectivity index (χ1n) is 4.81. The Labute approximate surface area is 85.0 Å². The summed E-state index contributed by atoms with van der Waals surface area (Å²) in [5.74, 6) is 1.36. The fourth-order valence-electron chi connectivity index (χ4n) is 0.999. The van der Waals surface area contributed by atoms with Crippen LogP contribution in [0.5, 0.6) is 0 Å². The maximum atomic E-state index is 5.69. The van der Waals surface area contributed by atoms with Crippen molar-refractivity contribution in [3.8, 4) is 0 Å². The molecule has 1 aromatic rings. The quantitative estimate of drug-likeness (QED) is 0.772. The maximum Gasteiger partial charge on any atom is 0.134 e. The number of nitrogens with one attached hydrogen (secondary N) is 1. The lowest BCUT2D eigenvalue weighted by Crippen LogP contribution is -2.30. The molecule has 0 bridgehead atoms. The lowest BCUT2D eigenvalue weighted by molar-refractivity contribution is 0.544. The van der Waals surface area contributed by atoms with E-state index in [1.54, 1.807) is 0 Å². The Balaban J connectivity index is 2.92. The van der Waals surface area contributed by atoms with E-state index in [0.717, 1.165) is 17.8 Å². The van der Waals surface area contributed by atoms with Gasteiger partial charge in [-0.15, -0.1) is 0 Å². The van der Waals surface area contributed by atoms with Crippen molar-refractivity contribution >= 4 is 11.6 Å². The molecule has 0 atom stereocenters. The van der Waals surface area contributed by atoms with E-state index in [2.05, 4.69) is 36.1 Å². The highest BCUT2D eigenvalue weighted by molar-refractivity contribution is 5.54. The monoisotopic (exact) mass is 194 g/mol. The molecule has 0 aromatic carbocycles. The van der Waals surface area contributed by atoms with Gasteiger partial charge in [0.1, 0.15) is 18.0 Å². The molecule has 0 aliphatic carbocycles. The number of hydrogen-bond donors (Lipinski definition) is 2. The third-order valence-corrected chi connectivity index (χ3v) is 2.46. The maximum absolute atomic E-state index is 5.69. The topological polar surface area (TPSA) is 63.8 Å². The van der Waals surface area contributed by atoms with Gasteiger partial charge < -0.3 is 11.1 Å². The zero-order chi connectivity index (χ0) is 10.8. The third-order valence-electron chi connectivity index (χ3n) is 2.46. The molecule has 1 aromatic heterocycles. The van der Waals surface area contributed by atoms with Crippen LogP contribution in [0.4, 0.5) is 11.6 Å². The molecule has 4 nitrogen and oxygen atoms in total. The van der Waals surface area contributed by atoms with E-state index < -0.39 is 0 Å². The van der Waals surface area contributed by atoms with Gasteiger partial charge in [0.25, 0.3) is 0 Å². The normalized spacial score (nSPS) is 11.4. The second-order valence-corrected chi connectivity index (χ2v) is 4.09. The standard InChI is InChI=1S/C10H18N4/c1-5-10(3,4)14-9-7(2)8(11)12-6-13-9/h6H,5H2,1-4H3,(H3,11,12,13,14). The fourth-order valence-corrected chi connectivity index (χ4v) is 0.999. The Kier molecular flexibility index (Phi) is 2.93. The number of nitrogen functional groups attached to an aromatic ring is 1. The van der Waals surface area contributed by atoms with Crippen LogP contribution in [0.2, 0.25) is 0 Å². The second kappa shape index (κ2) is 3.82. The number of hydrogen-bond acceptors (Lipinski definition) is 4. The molecule has 3 N–H and O–H groups in total. The van der Waals surface area contributed by atoms with E-state index >= 15 is 0 Å². The summed E-state index contributed by atoms with van der Waals surface area (Å²) in [5.41, 5.74) is 6.63. The van der Waals surface area contributed by atoms with Crippen molar-refractivity contribution in [2.75, 3.05) is 11.1 Å². The van der Waals surface area contributed by atoms with Gasteiger partial charge in [-0.05, 0) is 27.2 Å². The third kappa shape index (κ3) is 2.34. The molecule has 4 heteroatoms. The molecule has 0 spiro atoms. The van der Waals surface area contributed by atoms with Crippen molar-refractivity contribution in [3.63, 3.8) is 0 Å². The predicted octanol–water partition coefficient (Wildman–Crippen LogP) is 1.97. The summed E-state index contributed by atoms with van der Waals surface area (Å²) >= 11 is 0. The average molecular weight is 194 g/mol. The Hall–Kier alpha value is -1.32. The molecule has 0 saturated carbocycles. The molecule has 78 valence electrons. The van der Waals surface area contributed by atoms with Crippen LogP contribution in [0.1, 0.15) is 32.8 Å². The Morgan fingerprint density at radius 2 is 2.07 bits per heavy atom. The van der Waals surface area contributed by atoms with E-state index in [9.17, 15) is 0 Å². The van der Waals surface area contributed by atoms with E-state index in [4.69, 9.17) is 5.73 Å². The van der Waals surface area contributed by atoms with E-state index in [1.165, 1.54) is 6.33 Å². The van der Waals surface area contributed by atoms with Crippen LogP contribution in [0.15, 0.2) is 6.33 Å². The van der Waals surface area contributed by atoms with Crippen molar-refractivity contribution in [2.24, 2.45) is 0 Å². The molecule has 0 unspecified atom stereocenters. The fraction of sp³-hybridized carbons (Fsp3) is 0.600. The van der Waals surface area contributed by atoms with Gasteiger partial charge in [0, 0.05) is 11.1 Å². The minimum absolute atomic E-state index is 0.0333. The number of aromatic nitrogens is 2. The second-order valence-electron chi connectivity index (χ2n) is 4.09. The molecule has 14 heavy (non-hydrogen) atoms. The van der Waals surface area contributed by atoms with Crippen LogP contribution in [-0.2, 0) is 0 Å². The molecular weight excluding hydrogens is 176 g/mol. The largest absolute Gasteiger partial charge is 0.383 e. The zero-order valence-corrected chi connectivity index (χ0v) is 9.26. The van der Waals surface area contributed by atoms with Gasteiger partial charge >= 0.3 is 0 Å². The number of anilines is 2. The highest BCUT2D eigenvalue weighted by Crippen LogP contribution is 2.21. The number of rotatable bonds is 3. The number of nitrogens with two attached hydrogens (primary N) is 1. The summed E-state index contributed by atoms with van der Waals surface area (Å²) in [6, 6.07) is 0. The van der Waals surface area contributed by atoms with Crippen LogP contribution in [-0.4, -0.2) is 15.5 Å². The lowest BCUT2D eigenvalue weighted by atomic mass is 10.0. The highest BCUT2D eigenvalue weighted by Gasteiger charge is 2.16. The first-order valence-corrected chi connectivity index (χ1v) is 4.81. The van der Waals surface area contributed by atoms with Gasteiger partial charge in [-0.25, -0.2) is 9.97 Å². The van der Waals surface area contributed by atoms with E-state index in [1.807, 2.05) is 6.92 Å². The number of nitrogens with zero attached hydrogens (tertiary/aromatic N) is 2. The van der Waals surface area contributed by atoms with Crippen molar-refractivity contribution in [3.05, 3.63) is 11.9 Å². The van der Waals surface area contributed by atoms with E-state index in [-0.39, 0.29) is 5.54 Å². The minimum Gasteiger partial charge on any atom is -0.383 e. The first-order chi connectivity index (χ1) is 6.46. The Morgan fingerprint density at radius 1 is 1.43 bits per heavy atom. The van der Waals surface area contributed by atoms with Crippen LogP contribution < -0.4 is 11.1 Å². The molecule has 0 saturated heterocycles. The van der Waals surface area contributed by atoms with Gasteiger partial charge in [-0.2, -0.15) is 0 Å². The van der Waals surface area contributed by atoms with Crippen LogP contribution in [0.25, 0.3) is 0 Å². The molecule has 0 fully saturated rings. The summed E-state index contributed by atoms with van der Waals surface area (Å²) in [6.07, 6.45) is 2.51. The first kappa shape index (κ1) is 10.8. The highest BCUT2D eigenvalue weighted by atomic mass is 15.1. The lowest BCUT2D eigenvalue weighted by Gasteiger charge is -2.26. The van der Waals surface area contributed by atoms with Gasteiger partial charge in [-0.3, -0.25) is 0 Å². The zero-order valence-electron chi connectivity index (χ0n) is 9.26. The van der Waals surface area contributed by atoms with Crippen molar-refractivity contribution in [1.29, 1.82) is 0 Å². The average Bonchev–Trinajstić information content (AvgIpc) is 2.13. The minimum atomic E-state index is 0.0333. The van der Waals surface area contributed by atoms with Crippen LogP contribution in [0, 0.1) is 6.92 Å². The molecule has 0 aliphatic heterocycles. The summed E-state index contributed by atoms with van der Waals surface area (Å²) in [4.78, 5) is 8.09. The molecule has 1 heterocycles. The molecule has 0 aliphatic rings. The van der Waals surface area contributed by atoms with Gasteiger partial charge in [0.2, 0.25) is 0 Å². The molecule has 0 radical (unpaired) electrons. The molecular formula is C10H18N4. The van der Waals surface area contributed by atoms with Gasteiger partial charge in [0.15, 0.2) is 0 Å².